The van der Waals surface area contributed by atoms with Crippen LogP contribution < -0.4 is 10.6 Å². The van der Waals surface area contributed by atoms with Gasteiger partial charge in [-0.2, -0.15) is 0 Å². The summed E-state index contributed by atoms with van der Waals surface area (Å²) in [5, 5.41) is 0. The van der Waals surface area contributed by atoms with Crippen LogP contribution in [0.1, 0.15) is 15.9 Å². The minimum Gasteiger partial charge on any atom is -0.497 e. The molecule has 5 nitrogen and oxygen atoms in total. The topological polar surface area (TPSA) is 69.7 Å². The molecule has 2 aromatic carbocycles. The minimum absolute atomic E-state index is 0.0308. The molecule has 0 aliphatic rings. The van der Waals surface area contributed by atoms with Crippen molar-refractivity contribution >= 4 is 5.78 Å². The molecule has 1 aromatic heterocycles. The maximum absolute atomic E-state index is 12.0. The van der Waals surface area contributed by atoms with E-state index in [1.54, 1.807) is 31.4 Å². The summed E-state index contributed by atoms with van der Waals surface area (Å²) >= 11 is 0. The maximum Gasteiger partial charge on any atom is 0.518 e. The first-order valence-corrected chi connectivity index (χ1v) is 6.47. The largest absolute Gasteiger partial charge is 0.518 e. The molecule has 22 heavy (non-hydrogen) atoms. The molecule has 0 aliphatic carbocycles. The molecule has 0 unspecified atom stereocenters. The van der Waals surface area contributed by atoms with Crippen LogP contribution in [0.2, 0.25) is 0 Å². The molecule has 0 fully saturated rings. The number of carbonyl (C=O) groups is 1. The minimum atomic E-state index is -0.657. The summed E-state index contributed by atoms with van der Waals surface area (Å²) < 4.78 is 13.3. The van der Waals surface area contributed by atoms with Crippen LogP contribution in [0.3, 0.4) is 0 Å². The number of hydrogen-bond donors (Lipinski definition) is 0. The van der Waals surface area contributed by atoms with Gasteiger partial charge in [-0.15, -0.1) is 0 Å². The van der Waals surface area contributed by atoms with Gasteiger partial charge in [-0.1, -0.05) is 30.3 Å². The predicted octanol–water partition coefficient (Wildman–Crippen LogP) is 3.16. The first-order chi connectivity index (χ1) is 10.7. The fourth-order valence-corrected chi connectivity index (χ4v) is 1.69. The number of rotatable bonds is 3. The number of ether oxygens (including phenoxy) is 1. The van der Waals surface area contributed by atoms with E-state index in [-0.39, 0.29) is 5.78 Å². The second kappa shape index (κ2) is 7.64. The van der Waals surface area contributed by atoms with E-state index in [1.807, 2.05) is 30.3 Å². The van der Waals surface area contributed by atoms with Gasteiger partial charge in [-0.25, -0.2) is 4.79 Å². The summed E-state index contributed by atoms with van der Waals surface area (Å²) in [5.41, 5.74) is 1.37. The van der Waals surface area contributed by atoms with E-state index < -0.39 is 5.82 Å². The Labute approximate surface area is 126 Å². The van der Waals surface area contributed by atoms with E-state index in [2.05, 4.69) is 8.83 Å². The zero-order chi connectivity index (χ0) is 15.8. The predicted molar refractivity (Wildman–Crippen MR) is 80.1 cm³/mol. The summed E-state index contributed by atoms with van der Waals surface area (Å²) in [6, 6.07) is 16.4. The van der Waals surface area contributed by atoms with Crippen molar-refractivity contribution in [2.45, 2.75) is 0 Å². The van der Waals surface area contributed by atoms with E-state index in [0.29, 0.717) is 11.1 Å². The van der Waals surface area contributed by atoms with Gasteiger partial charge in [0, 0.05) is 11.1 Å². The second-order valence-corrected chi connectivity index (χ2v) is 4.18. The van der Waals surface area contributed by atoms with E-state index in [0.717, 1.165) is 5.75 Å². The highest BCUT2D eigenvalue weighted by Gasteiger charge is 2.07. The van der Waals surface area contributed by atoms with Crippen LogP contribution >= 0.6 is 0 Å². The van der Waals surface area contributed by atoms with Gasteiger partial charge in [0.25, 0.3) is 0 Å². The standard InChI is InChI=1S/C14H12O2.C3H2O3/c1-16-13-9-7-12(8-10-13)14(15)11-5-3-2-4-6-11;4-3-5-1-2-6-3/h2-10H,1H3;1-2H. The van der Waals surface area contributed by atoms with Crippen LogP contribution in [0.15, 0.2) is 80.8 Å². The number of benzene rings is 2. The van der Waals surface area contributed by atoms with Crippen molar-refractivity contribution < 1.29 is 18.4 Å². The Bertz CT molecular complexity index is 737. The van der Waals surface area contributed by atoms with E-state index in [1.165, 1.54) is 12.5 Å². The van der Waals surface area contributed by atoms with Gasteiger partial charge >= 0.3 is 5.82 Å². The van der Waals surface area contributed by atoms with Crippen molar-refractivity contribution in [3.63, 3.8) is 0 Å². The molecule has 1 heterocycles. The van der Waals surface area contributed by atoms with Crippen LogP contribution in [0, 0.1) is 0 Å². The summed E-state index contributed by atoms with van der Waals surface area (Å²) in [5.74, 6) is 0.128. The highest BCUT2D eigenvalue weighted by molar-refractivity contribution is 6.08. The molecule has 0 saturated carbocycles. The van der Waals surface area contributed by atoms with Crippen LogP contribution in [-0.4, -0.2) is 12.9 Å². The molecular weight excluding hydrogens is 284 g/mol. The van der Waals surface area contributed by atoms with Gasteiger partial charge in [-0.3, -0.25) is 4.79 Å². The number of carbonyl (C=O) groups excluding carboxylic acids is 1. The Kier molecular flexibility index (Phi) is 5.31. The quantitative estimate of drug-likeness (QED) is 0.695. The van der Waals surface area contributed by atoms with Crippen molar-refractivity contribution in [3.05, 3.63) is 88.9 Å². The highest BCUT2D eigenvalue weighted by Crippen LogP contribution is 2.14. The average Bonchev–Trinajstić information content (AvgIpc) is 3.07. The Morgan fingerprint density at radius 1 is 0.864 bits per heavy atom. The Morgan fingerprint density at radius 2 is 1.41 bits per heavy atom. The van der Waals surface area contributed by atoms with Gasteiger partial charge in [0.2, 0.25) is 0 Å². The average molecular weight is 298 g/mol. The van der Waals surface area contributed by atoms with Gasteiger partial charge in [0.15, 0.2) is 5.78 Å². The lowest BCUT2D eigenvalue weighted by molar-refractivity contribution is 0.103. The molecule has 0 atom stereocenters. The third-order valence-electron chi connectivity index (χ3n) is 2.77. The van der Waals surface area contributed by atoms with Crippen molar-refractivity contribution in [3.8, 4) is 5.75 Å². The lowest BCUT2D eigenvalue weighted by Gasteiger charge is -2.02. The first kappa shape index (κ1) is 15.3. The third-order valence-corrected chi connectivity index (χ3v) is 2.77. The SMILES string of the molecule is COc1ccc(C(=O)c2ccccc2)cc1.O=c1occo1. The molecule has 0 amide bonds. The lowest BCUT2D eigenvalue weighted by Crippen LogP contribution is -2.00. The molecule has 0 aliphatic heterocycles. The number of ketones is 1. The summed E-state index contributed by atoms with van der Waals surface area (Å²) in [7, 11) is 1.61. The summed E-state index contributed by atoms with van der Waals surface area (Å²) in [6.45, 7) is 0. The molecule has 5 heteroatoms. The molecule has 0 N–H and O–H groups in total. The normalized spacial score (nSPS) is 9.50. The van der Waals surface area contributed by atoms with Crippen molar-refractivity contribution in [1.82, 2.24) is 0 Å². The molecule has 0 bridgehead atoms. The van der Waals surface area contributed by atoms with Crippen LogP contribution in [0.25, 0.3) is 0 Å². The van der Waals surface area contributed by atoms with Gasteiger partial charge < -0.3 is 13.6 Å². The van der Waals surface area contributed by atoms with E-state index in [9.17, 15) is 9.59 Å². The first-order valence-electron chi connectivity index (χ1n) is 6.47. The zero-order valence-electron chi connectivity index (χ0n) is 11.9. The fourth-order valence-electron chi connectivity index (χ4n) is 1.69. The van der Waals surface area contributed by atoms with Gasteiger partial charge in [0.05, 0.1) is 7.11 Å². The Hall–Kier alpha value is -3.08. The molecule has 0 spiro atoms. The fraction of sp³-hybridized carbons (Fsp3) is 0.0588. The molecule has 0 saturated heterocycles. The van der Waals surface area contributed by atoms with Gasteiger partial charge in [0.1, 0.15) is 18.3 Å². The molecule has 0 radical (unpaired) electrons. The van der Waals surface area contributed by atoms with Gasteiger partial charge in [-0.05, 0) is 24.3 Å². The summed E-state index contributed by atoms with van der Waals surface area (Å²) in [4.78, 5) is 21.7. The maximum atomic E-state index is 12.0. The Morgan fingerprint density at radius 3 is 1.86 bits per heavy atom. The van der Waals surface area contributed by atoms with Crippen LogP contribution in [0.4, 0.5) is 0 Å². The lowest BCUT2D eigenvalue weighted by atomic mass is 10.0. The van der Waals surface area contributed by atoms with E-state index >= 15 is 0 Å². The van der Waals surface area contributed by atoms with E-state index in [4.69, 9.17) is 4.74 Å². The van der Waals surface area contributed by atoms with Crippen molar-refractivity contribution in [2.24, 2.45) is 0 Å². The van der Waals surface area contributed by atoms with Crippen LogP contribution in [0.5, 0.6) is 5.75 Å². The molecule has 3 aromatic rings. The Balaban J connectivity index is 0.000000246. The summed E-state index contributed by atoms with van der Waals surface area (Å²) in [6.07, 6.45) is 2.37. The van der Waals surface area contributed by atoms with Crippen molar-refractivity contribution in [1.29, 1.82) is 0 Å². The zero-order valence-corrected chi connectivity index (χ0v) is 11.9. The molecule has 112 valence electrons. The van der Waals surface area contributed by atoms with Crippen molar-refractivity contribution in [2.75, 3.05) is 7.11 Å². The number of methoxy groups -OCH3 is 1. The highest BCUT2D eigenvalue weighted by atomic mass is 16.5. The smallest absolute Gasteiger partial charge is 0.497 e. The van der Waals surface area contributed by atoms with Crippen LogP contribution in [-0.2, 0) is 0 Å². The number of hydrogen-bond acceptors (Lipinski definition) is 5. The monoisotopic (exact) mass is 298 g/mol. The molecular formula is C17H14O5. The second-order valence-electron chi connectivity index (χ2n) is 4.18. The third kappa shape index (κ3) is 4.21. The molecule has 3 rings (SSSR count).